The van der Waals surface area contributed by atoms with Crippen LogP contribution in [0, 0.1) is 0 Å². The molecule has 7 heteroatoms. The Morgan fingerprint density at radius 3 is 2.63 bits per heavy atom. The lowest BCUT2D eigenvalue weighted by Gasteiger charge is -2.34. The third kappa shape index (κ3) is 3.51. The Balaban J connectivity index is 1.81. The molecule has 2 rings (SSSR count). The van der Waals surface area contributed by atoms with Crippen LogP contribution in [0.1, 0.15) is 25.6 Å². The van der Waals surface area contributed by atoms with E-state index >= 15 is 0 Å². The number of nitrogens with two attached hydrogens (primary N) is 1. The highest BCUT2D eigenvalue weighted by atomic mass is 16.5. The molecule has 1 saturated heterocycles. The number of carbonyl (C=O) groups excluding carboxylic acids is 1. The smallest absolute Gasteiger partial charge is 0.239 e. The molecule has 7 nitrogen and oxygen atoms in total. The molecular weight excluding hydrogens is 246 g/mol. The lowest BCUT2D eigenvalue weighted by Crippen LogP contribution is -2.52. The maximum atomic E-state index is 11.7. The van der Waals surface area contributed by atoms with Crippen molar-refractivity contribution in [3.63, 3.8) is 0 Å². The van der Waals surface area contributed by atoms with Gasteiger partial charge in [-0.05, 0) is 6.92 Å². The van der Waals surface area contributed by atoms with Crippen LogP contribution in [0.3, 0.4) is 0 Å². The number of nitrogens with zero attached hydrogens (tertiary/aromatic N) is 4. The number of hydrogen-bond donors (Lipinski definition) is 1. The first-order valence-electron chi connectivity index (χ1n) is 6.68. The van der Waals surface area contributed by atoms with E-state index in [1.807, 2.05) is 11.8 Å². The lowest BCUT2D eigenvalue weighted by atomic mass is 10.2. The molecular formula is C12H21N5O2. The van der Waals surface area contributed by atoms with Crippen LogP contribution >= 0.6 is 0 Å². The number of aromatic nitrogens is 2. The van der Waals surface area contributed by atoms with Crippen molar-refractivity contribution in [2.24, 2.45) is 5.73 Å². The van der Waals surface area contributed by atoms with E-state index in [2.05, 4.69) is 15.0 Å². The van der Waals surface area contributed by atoms with Crippen molar-refractivity contribution in [1.82, 2.24) is 19.9 Å². The molecule has 1 atom stereocenters. The molecule has 0 aliphatic carbocycles. The molecule has 0 radical (unpaired) electrons. The molecule has 2 heterocycles. The van der Waals surface area contributed by atoms with Crippen LogP contribution in [-0.2, 0) is 17.8 Å². The van der Waals surface area contributed by atoms with Crippen molar-refractivity contribution >= 4 is 5.91 Å². The molecule has 106 valence electrons. The molecule has 1 aromatic rings. The summed E-state index contributed by atoms with van der Waals surface area (Å²) in [5.74, 6) is 1.40. The van der Waals surface area contributed by atoms with Gasteiger partial charge in [-0.1, -0.05) is 12.1 Å². The van der Waals surface area contributed by atoms with Gasteiger partial charge in [-0.15, -0.1) is 0 Å². The fourth-order valence-corrected chi connectivity index (χ4v) is 2.11. The average molecular weight is 267 g/mol. The summed E-state index contributed by atoms with van der Waals surface area (Å²) in [4.78, 5) is 20.1. The molecule has 19 heavy (non-hydrogen) atoms. The van der Waals surface area contributed by atoms with Crippen LogP contribution in [0.2, 0.25) is 0 Å². The topological polar surface area (TPSA) is 88.5 Å². The molecule has 2 N–H and O–H groups in total. The van der Waals surface area contributed by atoms with Gasteiger partial charge in [-0.3, -0.25) is 9.69 Å². The van der Waals surface area contributed by atoms with E-state index in [0.717, 1.165) is 19.5 Å². The van der Waals surface area contributed by atoms with Gasteiger partial charge in [-0.2, -0.15) is 4.98 Å². The molecule has 0 aromatic carbocycles. The van der Waals surface area contributed by atoms with Gasteiger partial charge in [-0.25, -0.2) is 0 Å². The molecule has 1 unspecified atom stereocenters. The zero-order chi connectivity index (χ0) is 13.8. The van der Waals surface area contributed by atoms with Crippen LogP contribution in [0.4, 0.5) is 0 Å². The summed E-state index contributed by atoms with van der Waals surface area (Å²) in [6.45, 7) is 7.42. The Labute approximate surface area is 112 Å². The summed E-state index contributed by atoms with van der Waals surface area (Å²) in [6, 6.07) is -0.420. The molecule has 0 saturated carbocycles. The zero-order valence-electron chi connectivity index (χ0n) is 11.5. The molecule has 1 aliphatic rings. The molecule has 0 bridgehead atoms. The fraction of sp³-hybridized carbons (Fsp3) is 0.750. The summed E-state index contributed by atoms with van der Waals surface area (Å²) in [6.07, 6.45) is 0.754. The predicted octanol–water partition coefficient (Wildman–Crippen LogP) is -0.377. The van der Waals surface area contributed by atoms with Crippen molar-refractivity contribution < 1.29 is 9.32 Å². The molecule has 1 fully saturated rings. The number of hydrogen-bond acceptors (Lipinski definition) is 6. The van der Waals surface area contributed by atoms with Crippen molar-refractivity contribution in [2.75, 3.05) is 26.2 Å². The number of amides is 1. The van der Waals surface area contributed by atoms with Gasteiger partial charge in [0.25, 0.3) is 0 Å². The number of piperazine rings is 1. The third-order valence-corrected chi connectivity index (χ3v) is 3.25. The monoisotopic (exact) mass is 267 g/mol. The average Bonchev–Trinajstić information content (AvgIpc) is 2.86. The molecule has 1 aromatic heterocycles. The van der Waals surface area contributed by atoms with Crippen LogP contribution in [0.25, 0.3) is 0 Å². The van der Waals surface area contributed by atoms with Gasteiger partial charge in [0.2, 0.25) is 11.8 Å². The maximum Gasteiger partial charge on any atom is 0.239 e. The summed E-state index contributed by atoms with van der Waals surface area (Å²) in [7, 11) is 0. The molecule has 1 aliphatic heterocycles. The normalized spacial score (nSPS) is 18.6. The minimum absolute atomic E-state index is 0.0208. The van der Waals surface area contributed by atoms with E-state index in [1.54, 1.807) is 6.92 Å². The van der Waals surface area contributed by atoms with Crippen LogP contribution < -0.4 is 5.73 Å². The van der Waals surface area contributed by atoms with Crippen molar-refractivity contribution in [2.45, 2.75) is 32.9 Å². The summed E-state index contributed by atoms with van der Waals surface area (Å²) >= 11 is 0. The second-order valence-corrected chi connectivity index (χ2v) is 4.85. The largest absolute Gasteiger partial charge is 0.339 e. The fourth-order valence-electron chi connectivity index (χ4n) is 2.11. The van der Waals surface area contributed by atoms with E-state index in [9.17, 15) is 4.79 Å². The van der Waals surface area contributed by atoms with Gasteiger partial charge in [0.1, 0.15) is 0 Å². The molecule has 1 amide bonds. The van der Waals surface area contributed by atoms with Gasteiger partial charge >= 0.3 is 0 Å². The van der Waals surface area contributed by atoms with Crippen LogP contribution in [-0.4, -0.2) is 58.1 Å². The van der Waals surface area contributed by atoms with Gasteiger partial charge in [0.05, 0.1) is 12.6 Å². The highest BCUT2D eigenvalue weighted by molar-refractivity contribution is 5.81. The Bertz CT molecular complexity index is 424. The summed E-state index contributed by atoms with van der Waals surface area (Å²) in [5, 5.41) is 3.94. The van der Waals surface area contributed by atoms with Crippen LogP contribution in [0.5, 0.6) is 0 Å². The first-order chi connectivity index (χ1) is 9.10. The van der Waals surface area contributed by atoms with E-state index in [-0.39, 0.29) is 5.91 Å². The van der Waals surface area contributed by atoms with E-state index in [4.69, 9.17) is 10.3 Å². The van der Waals surface area contributed by atoms with Gasteiger partial charge < -0.3 is 15.2 Å². The number of carbonyl (C=O) groups is 1. The van der Waals surface area contributed by atoms with Crippen molar-refractivity contribution in [1.29, 1.82) is 0 Å². The van der Waals surface area contributed by atoms with Crippen LogP contribution in [0.15, 0.2) is 4.52 Å². The minimum atomic E-state index is -0.420. The van der Waals surface area contributed by atoms with Gasteiger partial charge in [0.15, 0.2) is 5.82 Å². The quantitative estimate of drug-likeness (QED) is 0.800. The lowest BCUT2D eigenvalue weighted by molar-refractivity contribution is -0.134. The van der Waals surface area contributed by atoms with Gasteiger partial charge in [0, 0.05) is 32.6 Å². The Kier molecular flexibility index (Phi) is 4.49. The summed E-state index contributed by atoms with van der Waals surface area (Å²) in [5.41, 5.74) is 5.61. The Hall–Kier alpha value is -1.47. The second kappa shape index (κ2) is 6.12. The van der Waals surface area contributed by atoms with E-state index in [1.165, 1.54) is 0 Å². The minimum Gasteiger partial charge on any atom is -0.339 e. The Morgan fingerprint density at radius 2 is 2.11 bits per heavy atom. The van der Waals surface area contributed by atoms with E-state index < -0.39 is 6.04 Å². The second-order valence-electron chi connectivity index (χ2n) is 4.85. The third-order valence-electron chi connectivity index (χ3n) is 3.25. The SMILES string of the molecule is CCc1nc(CN2CCN(C(=O)C(C)N)CC2)no1. The highest BCUT2D eigenvalue weighted by Gasteiger charge is 2.23. The first-order valence-corrected chi connectivity index (χ1v) is 6.68. The summed E-state index contributed by atoms with van der Waals surface area (Å²) < 4.78 is 5.08. The van der Waals surface area contributed by atoms with E-state index in [0.29, 0.717) is 31.3 Å². The maximum absolute atomic E-state index is 11.7. The first kappa shape index (κ1) is 14.0. The highest BCUT2D eigenvalue weighted by Crippen LogP contribution is 2.07. The predicted molar refractivity (Wildman–Crippen MR) is 69.2 cm³/mol. The van der Waals surface area contributed by atoms with Crippen molar-refractivity contribution in [3.8, 4) is 0 Å². The van der Waals surface area contributed by atoms with Crippen molar-refractivity contribution in [3.05, 3.63) is 11.7 Å². The Morgan fingerprint density at radius 1 is 1.42 bits per heavy atom. The zero-order valence-corrected chi connectivity index (χ0v) is 11.5. The number of aryl methyl sites for hydroxylation is 1. The molecule has 0 spiro atoms. The standard InChI is InChI=1S/C12H21N5O2/c1-3-11-14-10(15-19-11)8-16-4-6-17(7-5-16)12(18)9(2)13/h9H,3-8,13H2,1-2H3. The number of rotatable bonds is 4.